The lowest BCUT2D eigenvalue weighted by molar-refractivity contribution is 0.457. The highest BCUT2D eigenvalue weighted by atomic mass is 32.2. The topological polar surface area (TPSA) is 33.1 Å². The molecule has 0 saturated carbocycles. The molecule has 0 spiro atoms. The summed E-state index contributed by atoms with van der Waals surface area (Å²) in [5.74, 6) is 0.228. The van der Waals surface area contributed by atoms with Crippen molar-refractivity contribution >= 4 is 11.8 Å². The summed E-state index contributed by atoms with van der Waals surface area (Å²) < 4.78 is 0. The number of benzene rings is 1. The maximum absolute atomic E-state index is 9.58. The second-order valence-electron chi connectivity index (χ2n) is 3.20. The van der Waals surface area contributed by atoms with E-state index in [1.54, 1.807) is 18.3 Å². The van der Waals surface area contributed by atoms with Crippen LogP contribution in [0.25, 0.3) is 0 Å². The van der Waals surface area contributed by atoms with Gasteiger partial charge in [0.05, 0.1) is 0 Å². The Bertz CT molecular complexity index is 427. The van der Waals surface area contributed by atoms with Crippen molar-refractivity contribution in [2.45, 2.75) is 16.8 Å². The van der Waals surface area contributed by atoms with Crippen LogP contribution in [0.3, 0.4) is 0 Å². The molecule has 0 atom stereocenters. The Balaban J connectivity index is 2.30. The molecule has 0 aliphatic carbocycles. The number of nitrogens with zero attached hydrogens (tertiary/aromatic N) is 1. The Morgan fingerprint density at radius 2 is 1.93 bits per heavy atom. The lowest BCUT2D eigenvalue weighted by Gasteiger charge is -2.05. The number of pyridine rings is 1. The van der Waals surface area contributed by atoms with Gasteiger partial charge >= 0.3 is 0 Å². The van der Waals surface area contributed by atoms with Gasteiger partial charge in [-0.1, -0.05) is 30.0 Å². The van der Waals surface area contributed by atoms with Crippen molar-refractivity contribution < 1.29 is 5.11 Å². The Labute approximate surface area is 93.0 Å². The fraction of sp³-hybridized carbons (Fsp3) is 0.0833. The van der Waals surface area contributed by atoms with E-state index < -0.39 is 0 Å². The molecule has 1 heterocycles. The van der Waals surface area contributed by atoms with Crippen molar-refractivity contribution in [1.29, 1.82) is 0 Å². The first kappa shape index (κ1) is 10.1. The third kappa shape index (κ3) is 2.30. The summed E-state index contributed by atoms with van der Waals surface area (Å²) in [5.41, 5.74) is 1.19. The number of aromatic nitrogens is 1. The van der Waals surface area contributed by atoms with Crippen molar-refractivity contribution in [2.24, 2.45) is 0 Å². The number of aryl methyl sites for hydroxylation is 1. The zero-order valence-corrected chi connectivity index (χ0v) is 9.16. The first-order valence-corrected chi connectivity index (χ1v) is 5.46. The molecule has 0 fully saturated rings. The van der Waals surface area contributed by atoms with Crippen LogP contribution in [-0.4, -0.2) is 10.1 Å². The fourth-order valence-corrected chi connectivity index (χ4v) is 2.11. The summed E-state index contributed by atoms with van der Waals surface area (Å²) in [6, 6.07) is 11.4. The van der Waals surface area contributed by atoms with Crippen LogP contribution < -0.4 is 0 Å². The number of aromatic hydroxyl groups is 1. The summed E-state index contributed by atoms with van der Waals surface area (Å²) in [4.78, 5) is 5.24. The van der Waals surface area contributed by atoms with Gasteiger partial charge in [-0.05, 0) is 30.7 Å². The largest absolute Gasteiger partial charge is 0.505 e. The molecule has 76 valence electrons. The van der Waals surface area contributed by atoms with Crippen molar-refractivity contribution in [2.75, 3.05) is 0 Å². The summed E-state index contributed by atoms with van der Waals surface area (Å²) in [5, 5.41) is 10.2. The molecular weight excluding hydrogens is 206 g/mol. The van der Waals surface area contributed by atoms with E-state index in [1.807, 2.05) is 31.2 Å². The van der Waals surface area contributed by atoms with Gasteiger partial charge in [-0.2, -0.15) is 0 Å². The number of rotatable bonds is 2. The minimum Gasteiger partial charge on any atom is -0.505 e. The van der Waals surface area contributed by atoms with E-state index in [9.17, 15) is 5.11 Å². The van der Waals surface area contributed by atoms with Gasteiger partial charge in [-0.25, -0.2) is 4.98 Å². The molecule has 1 aromatic heterocycles. The predicted octanol–water partition coefficient (Wildman–Crippen LogP) is 3.25. The average Bonchev–Trinajstić information content (AvgIpc) is 2.24. The normalized spacial score (nSPS) is 10.2. The first-order valence-electron chi connectivity index (χ1n) is 4.65. The van der Waals surface area contributed by atoms with Gasteiger partial charge in [0.2, 0.25) is 0 Å². The highest BCUT2D eigenvalue weighted by molar-refractivity contribution is 7.99. The third-order valence-corrected chi connectivity index (χ3v) is 3.24. The first-order chi connectivity index (χ1) is 7.27. The lowest BCUT2D eigenvalue weighted by Crippen LogP contribution is -1.82. The van der Waals surface area contributed by atoms with Crippen LogP contribution in [0, 0.1) is 6.92 Å². The number of hydrogen-bond acceptors (Lipinski definition) is 3. The minimum absolute atomic E-state index is 0.228. The predicted molar refractivity (Wildman–Crippen MR) is 61.2 cm³/mol. The molecule has 1 aromatic carbocycles. The second kappa shape index (κ2) is 4.36. The van der Waals surface area contributed by atoms with Gasteiger partial charge in [0, 0.05) is 11.1 Å². The van der Waals surface area contributed by atoms with E-state index in [1.165, 1.54) is 17.3 Å². The summed E-state index contributed by atoms with van der Waals surface area (Å²) in [6.45, 7) is 2.04. The van der Waals surface area contributed by atoms with E-state index in [0.717, 1.165) is 4.90 Å². The van der Waals surface area contributed by atoms with E-state index in [2.05, 4.69) is 4.98 Å². The van der Waals surface area contributed by atoms with Gasteiger partial charge in [0.1, 0.15) is 10.8 Å². The maximum atomic E-state index is 9.58. The molecule has 0 amide bonds. The Morgan fingerprint density at radius 1 is 1.13 bits per heavy atom. The maximum Gasteiger partial charge on any atom is 0.148 e. The monoisotopic (exact) mass is 217 g/mol. The Morgan fingerprint density at radius 3 is 2.67 bits per heavy atom. The number of hydrogen-bond donors (Lipinski definition) is 1. The molecule has 2 rings (SSSR count). The molecule has 2 aromatic rings. The molecule has 0 saturated heterocycles. The molecule has 3 heteroatoms. The quantitative estimate of drug-likeness (QED) is 0.838. The SMILES string of the molecule is Cc1ccccc1Sc1ncccc1O. The van der Waals surface area contributed by atoms with Gasteiger partial charge in [-0.15, -0.1) is 0 Å². The van der Waals surface area contributed by atoms with Gasteiger partial charge in [0.25, 0.3) is 0 Å². The van der Waals surface area contributed by atoms with Gasteiger partial charge < -0.3 is 5.11 Å². The molecule has 0 aliphatic heterocycles. The van der Waals surface area contributed by atoms with Crippen LogP contribution in [-0.2, 0) is 0 Å². The van der Waals surface area contributed by atoms with Crippen LogP contribution >= 0.6 is 11.8 Å². The van der Waals surface area contributed by atoms with Crippen LogP contribution in [0.5, 0.6) is 5.75 Å². The molecule has 15 heavy (non-hydrogen) atoms. The average molecular weight is 217 g/mol. The van der Waals surface area contributed by atoms with Crippen LogP contribution in [0.1, 0.15) is 5.56 Å². The summed E-state index contributed by atoms with van der Waals surface area (Å²) in [7, 11) is 0. The van der Waals surface area contributed by atoms with Crippen LogP contribution in [0.2, 0.25) is 0 Å². The Hall–Kier alpha value is -1.48. The van der Waals surface area contributed by atoms with Crippen molar-refractivity contribution in [3.63, 3.8) is 0 Å². The zero-order valence-electron chi connectivity index (χ0n) is 8.34. The fourth-order valence-electron chi connectivity index (χ4n) is 1.24. The van der Waals surface area contributed by atoms with Crippen LogP contribution in [0.4, 0.5) is 0 Å². The minimum atomic E-state index is 0.228. The zero-order chi connectivity index (χ0) is 10.7. The second-order valence-corrected chi connectivity index (χ2v) is 4.23. The van der Waals surface area contributed by atoms with Crippen molar-refractivity contribution in [3.05, 3.63) is 48.2 Å². The van der Waals surface area contributed by atoms with E-state index in [4.69, 9.17) is 0 Å². The standard InChI is InChI=1S/C12H11NOS/c1-9-5-2-3-7-11(9)15-12-10(14)6-4-8-13-12/h2-8,14H,1H3. The van der Waals surface area contributed by atoms with Gasteiger partial charge in [-0.3, -0.25) is 0 Å². The Kier molecular flexibility index (Phi) is 2.92. The third-order valence-electron chi connectivity index (χ3n) is 2.05. The van der Waals surface area contributed by atoms with Crippen molar-refractivity contribution in [3.8, 4) is 5.75 Å². The van der Waals surface area contributed by atoms with E-state index in [0.29, 0.717) is 5.03 Å². The summed E-state index contributed by atoms with van der Waals surface area (Å²) in [6.07, 6.45) is 1.68. The van der Waals surface area contributed by atoms with E-state index >= 15 is 0 Å². The van der Waals surface area contributed by atoms with Crippen molar-refractivity contribution in [1.82, 2.24) is 4.98 Å². The molecule has 1 N–H and O–H groups in total. The molecular formula is C12H11NOS. The molecule has 2 nitrogen and oxygen atoms in total. The molecule has 0 unspecified atom stereocenters. The van der Waals surface area contributed by atoms with Gasteiger partial charge in [0.15, 0.2) is 0 Å². The summed E-state index contributed by atoms with van der Waals surface area (Å²) >= 11 is 1.48. The molecule has 0 aliphatic rings. The van der Waals surface area contributed by atoms with E-state index in [-0.39, 0.29) is 5.75 Å². The smallest absolute Gasteiger partial charge is 0.148 e. The highest BCUT2D eigenvalue weighted by Crippen LogP contribution is 2.33. The lowest BCUT2D eigenvalue weighted by atomic mass is 10.2. The highest BCUT2D eigenvalue weighted by Gasteiger charge is 2.05. The molecule has 0 bridgehead atoms. The molecule has 0 radical (unpaired) electrons. The van der Waals surface area contributed by atoms with Crippen LogP contribution in [0.15, 0.2) is 52.5 Å².